The van der Waals surface area contributed by atoms with Crippen LogP contribution in [0.2, 0.25) is 0 Å². The van der Waals surface area contributed by atoms with Gasteiger partial charge in [0.25, 0.3) is 0 Å². The molecule has 0 aromatic carbocycles. The first-order chi connectivity index (χ1) is 8.26. The fraction of sp³-hybridized carbons (Fsp3) is 0.333. The van der Waals surface area contributed by atoms with Crippen molar-refractivity contribution in [1.82, 2.24) is 4.98 Å². The number of ether oxygens (including phenoxy) is 2. The van der Waals surface area contributed by atoms with E-state index in [1.807, 2.05) is 18.4 Å². The molecule has 0 aliphatic heterocycles. The van der Waals surface area contributed by atoms with E-state index < -0.39 is 5.97 Å². The van der Waals surface area contributed by atoms with E-state index in [4.69, 9.17) is 9.47 Å². The summed E-state index contributed by atoms with van der Waals surface area (Å²) in [6, 6.07) is 3.67. The first-order valence-electron chi connectivity index (χ1n) is 5.44. The van der Waals surface area contributed by atoms with Gasteiger partial charge in [0.1, 0.15) is 0 Å². The summed E-state index contributed by atoms with van der Waals surface area (Å²) in [5, 5.41) is 2.90. The van der Waals surface area contributed by atoms with Crippen molar-refractivity contribution in [3.8, 4) is 5.88 Å². The molecule has 2 aromatic rings. The Morgan fingerprint density at radius 3 is 2.94 bits per heavy atom. The van der Waals surface area contributed by atoms with Gasteiger partial charge >= 0.3 is 5.97 Å². The molecule has 2 heterocycles. The molecule has 0 aliphatic rings. The normalized spacial score (nSPS) is 10.5. The molecule has 0 saturated heterocycles. The van der Waals surface area contributed by atoms with Crippen molar-refractivity contribution in [2.24, 2.45) is 0 Å². The van der Waals surface area contributed by atoms with E-state index in [2.05, 4.69) is 4.98 Å². The highest BCUT2D eigenvalue weighted by Crippen LogP contribution is 2.29. The van der Waals surface area contributed by atoms with Crippen LogP contribution in [0.5, 0.6) is 5.88 Å². The number of fused-ring (bicyclic) bond motifs is 1. The molecule has 0 saturated carbocycles. The average molecular weight is 251 g/mol. The highest BCUT2D eigenvalue weighted by atomic mass is 32.1. The van der Waals surface area contributed by atoms with E-state index in [1.54, 1.807) is 24.3 Å². The summed E-state index contributed by atoms with van der Waals surface area (Å²) in [7, 11) is 0. The summed E-state index contributed by atoms with van der Waals surface area (Å²) in [5.74, 6) is 0.0876. The largest absolute Gasteiger partial charge is 0.477 e. The molecule has 2 rings (SSSR count). The van der Waals surface area contributed by atoms with Gasteiger partial charge in [0.2, 0.25) is 5.88 Å². The summed E-state index contributed by atoms with van der Waals surface area (Å²) >= 11 is 1.55. The van der Waals surface area contributed by atoms with Crippen molar-refractivity contribution in [1.29, 1.82) is 0 Å². The second-order valence-electron chi connectivity index (χ2n) is 3.31. The maximum Gasteiger partial charge on any atom is 0.357 e. The molecule has 0 atom stereocenters. The monoisotopic (exact) mass is 251 g/mol. The zero-order valence-electron chi connectivity index (χ0n) is 9.73. The molecule has 4 nitrogen and oxygen atoms in total. The minimum Gasteiger partial charge on any atom is -0.477 e. The summed E-state index contributed by atoms with van der Waals surface area (Å²) in [6.45, 7) is 4.51. The Labute approximate surface area is 103 Å². The van der Waals surface area contributed by atoms with Crippen molar-refractivity contribution in [3.63, 3.8) is 0 Å². The van der Waals surface area contributed by atoms with Crippen LogP contribution in [0.25, 0.3) is 10.1 Å². The lowest BCUT2D eigenvalue weighted by Gasteiger charge is -2.06. The second kappa shape index (κ2) is 5.14. The van der Waals surface area contributed by atoms with Crippen molar-refractivity contribution < 1.29 is 14.3 Å². The Morgan fingerprint density at radius 2 is 2.24 bits per heavy atom. The van der Waals surface area contributed by atoms with Crippen LogP contribution in [0.15, 0.2) is 17.5 Å². The Kier molecular flexibility index (Phi) is 3.58. The van der Waals surface area contributed by atoms with Crippen molar-refractivity contribution >= 4 is 27.4 Å². The minimum atomic E-state index is -0.415. The molecule has 5 heteroatoms. The van der Waals surface area contributed by atoms with E-state index in [0.717, 1.165) is 10.1 Å². The van der Waals surface area contributed by atoms with Crippen LogP contribution < -0.4 is 4.74 Å². The van der Waals surface area contributed by atoms with Gasteiger partial charge < -0.3 is 9.47 Å². The molecular formula is C12H13NO3S. The average Bonchev–Trinajstić information content (AvgIpc) is 2.78. The van der Waals surface area contributed by atoms with Crippen LogP contribution in [-0.2, 0) is 4.74 Å². The Balaban J connectivity index is 2.47. The van der Waals surface area contributed by atoms with Crippen LogP contribution in [0.3, 0.4) is 0 Å². The van der Waals surface area contributed by atoms with Crippen LogP contribution >= 0.6 is 11.3 Å². The molecular weight excluding hydrogens is 238 g/mol. The van der Waals surface area contributed by atoms with E-state index in [9.17, 15) is 4.79 Å². The number of hydrogen-bond acceptors (Lipinski definition) is 5. The smallest absolute Gasteiger partial charge is 0.357 e. The lowest BCUT2D eigenvalue weighted by molar-refractivity contribution is 0.0518. The van der Waals surface area contributed by atoms with Gasteiger partial charge in [0, 0.05) is 5.39 Å². The molecule has 0 unspecified atom stereocenters. The van der Waals surface area contributed by atoms with E-state index in [-0.39, 0.29) is 0 Å². The molecule has 90 valence electrons. The van der Waals surface area contributed by atoms with Crippen LogP contribution in [0, 0.1) is 0 Å². The van der Waals surface area contributed by atoms with Gasteiger partial charge in [-0.3, -0.25) is 0 Å². The van der Waals surface area contributed by atoms with Gasteiger partial charge in [-0.05, 0) is 31.4 Å². The zero-order chi connectivity index (χ0) is 12.3. The minimum absolute atomic E-state index is 0.293. The quantitative estimate of drug-likeness (QED) is 0.784. The number of esters is 1. The van der Waals surface area contributed by atoms with Gasteiger partial charge in [0.05, 0.1) is 17.9 Å². The van der Waals surface area contributed by atoms with Crippen molar-refractivity contribution in [3.05, 3.63) is 23.2 Å². The zero-order valence-corrected chi connectivity index (χ0v) is 10.5. The van der Waals surface area contributed by atoms with Gasteiger partial charge in [-0.2, -0.15) is 0 Å². The summed E-state index contributed by atoms with van der Waals surface area (Å²) in [4.78, 5) is 15.8. The SMILES string of the molecule is CCOC(=O)c1cc2ccsc2c(OCC)n1. The number of hydrogen-bond donors (Lipinski definition) is 0. The first-order valence-corrected chi connectivity index (χ1v) is 6.32. The Morgan fingerprint density at radius 1 is 1.41 bits per heavy atom. The van der Waals surface area contributed by atoms with E-state index in [1.165, 1.54) is 0 Å². The maximum absolute atomic E-state index is 11.6. The lowest BCUT2D eigenvalue weighted by Crippen LogP contribution is -2.08. The maximum atomic E-state index is 11.6. The van der Waals surface area contributed by atoms with Crippen molar-refractivity contribution in [2.75, 3.05) is 13.2 Å². The molecule has 0 amide bonds. The fourth-order valence-corrected chi connectivity index (χ4v) is 2.31. The van der Waals surface area contributed by atoms with Gasteiger partial charge in [-0.1, -0.05) is 0 Å². The van der Waals surface area contributed by atoms with E-state index in [0.29, 0.717) is 24.8 Å². The number of thiophene rings is 1. The fourth-order valence-electron chi connectivity index (χ4n) is 1.49. The van der Waals surface area contributed by atoms with Crippen LogP contribution in [0.1, 0.15) is 24.3 Å². The molecule has 0 bridgehead atoms. The third-order valence-corrected chi connectivity index (χ3v) is 3.09. The second-order valence-corrected chi connectivity index (χ2v) is 4.22. The van der Waals surface area contributed by atoms with Crippen molar-refractivity contribution in [2.45, 2.75) is 13.8 Å². The predicted molar refractivity (Wildman–Crippen MR) is 66.7 cm³/mol. The summed E-state index contributed by atoms with van der Waals surface area (Å²) in [5.41, 5.74) is 0.293. The van der Waals surface area contributed by atoms with Gasteiger partial charge in [-0.15, -0.1) is 11.3 Å². The topological polar surface area (TPSA) is 48.4 Å². The molecule has 0 radical (unpaired) electrons. The molecule has 0 N–H and O–H groups in total. The number of carbonyl (C=O) groups is 1. The standard InChI is InChI=1S/C12H13NO3S/c1-3-15-11-10-8(5-6-17-10)7-9(13-11)12(14)16-4-2/h5-7H,3-4H2,1-2H3. The number of aromatic nitrogens is 1. The Hall–Kier alpha value is -1.62. The molecule has 0 aliphatic carbocycles. The number of carbonyl (C=O) groups excluding carboxylic acids is 1. The number of nitrogens with zero attached hydrogens (tertiary/aromatic N) is 1. The summed E-state index contributed by atoms with van der Waals surface area (Å²) < 4.78 is 11.3. The van der Waals surface area contributed by atoms with Crippen LogP contribution in [0.4, 0.5) is 0 Å². The molecule has 0 fully saturated rings. The van der Waals surface area contributed by atoms with E-state index >= 15 is 0 Å². The van der Waals surface area contributed by atoms with Crippen LogP contribution in [-0.4, -0.2) is 24.2 Å². The predicted octanol–water partition coefficient (Wildman–Crippen LogP) is 2.87. The lowest BCUT2D eigenvalue weighted by atomic mass is 10.2. The molecule has 2 aromatic heterocycles. The third-order valence-electron chi connectivity index (χ3n) is 2.17. The number of rotatable bonds is 4. The molecule has 0 spiro atoms. The molecule has 17 heavy (non-hydrogen) atoms. The third kappa shape index (κ3) is 2.39. The van der Waals surface area contributed by atoms with Gasteiger partial charge in [0.15, 0.2) is 5.69 Å². The van der Waals surface area contributed by atoms with Gasteiger partial charge in [-0.25, -0.2) is 9.78 Å². The number of pyridine rings is 1. The highest BCUT2D eigenvalue weighted by molar-refractivity contribution is 7.17. The summed E-state index contributed by atoms with van der Waals surface area (Å²) in [6.07, 6.45) is 0. The Bertz CT molecular complexity index is 536. The first kappa shape index (κ1) is 11.9. The highest BCUT2D eigenvalue weighted by Gasteiger charge is 2.14.